The fourth-order valence-corrected chi connectivity index (χ4v) is 4.23. The van der Waals surface area contributed by atoms with Gasteiger partial charge >= 0.3 is 11.9 Å². The molecule has 4 N–H and O–H groups in total. The summed E-state index contributed by atoms with van der Waals surface area (Å²) in [5, 5.41) is 19.5. The van der Waals surface area contributed by atoms with E-state index in [0.29, 0.717) is 0 Å². The minimum atomic E-state index is -1.39. The van der Waals surface area contributed by atoms with Crippen molar-refractivity contribution in [2.24, 2.45) is 11.7 Å². The Labute approximate surface area is 177 Å². The van der Waals surface area contributed by atoms with Crippen LogP contribution in [0.5, 0.6) is 0 Å². The topological polar surface area (TPSA) is 119 Å². The van der Waals surface area contributed by atoms with E-state index >= 15 is 0 Å². The number of carboxylic acid groups (broad SMARTS) is 1. The maximum absolute atomic E-state index is 12.5. The van der Waals surface area contributed by atoms with Crippen LogP contribution in [-0.4, -0.2) is 64.1 Å². The third-order valence-corrected chi connectivity index (χ3v) is 6.91. The maximum Gasteiger partial charge on any atom is 0.321 e. The molecule has 0 radical (unpaired) electrons. The summed E-state index contributed by atoms with van der Waals surface area (Å²) in [6.07, 6.45) is 6.56. The summed E-state index contributed by atoms with van der Waals surface area (Å²) in [6.45, 7) is 7.47. The van der Waals surface area contributed by atoms with Crippen molar-refractivity contribution in [1.29, 1.82) is 0 Å². The SMILES string of the molecule is CO[C@@H]1/C=C\[C@](C)(O)[C@H](SC[C@H](N)C(=O)O)CC(=O)O[C@@H](C)[C@@H](C)CC/C=C\1C. The average molecular weight is 430 g/mol. The minimum absolute atomic E-state index is 0.0577. The van der Waals surface area contributed by atoms with Crippen molar-refractivity contribution in [3.05, 3.63) is 23.8 Å². The normalized spacial score (nSPS) is 36.2. The number of carboxylic acids is 1. The number of esters is 1. The average Bonchev–Trinajstić information content (AvgIpc) is 2.63. The Morgan fingerprint density at radius 1 is 1.48 bits per heavy atom. The van der Waals surface area contributed by atoms with E-state index in [-0.39, 0.29) is 30.3 Å². The van der Waals surface area contributed by atoms with Crippen LogP contribution in [0, 0.1) is 5.92 Å². The van der Waals surface area contributed by atoms with Crippen LogP contribution in [-0.2, 0) is 19.1 Å². The van der Waals surface area contributed by atoms with Crippen LogP contribution in [0.2, 0.25) is 0 Å². The monoisotopic (exact) mass is 429 g/mol. The molecule has 0 fully saturated rings. The van der Waals surface area contributed by atoms with Crippen molar-refractivity contribution in [2.45, 2.75) is 76.1 Å². The lowest BCUT2D eigenvalue weighted by molar-refractivity contribution is -0.151. The number of rotatable bonds is 5. The Bertz CT molecular complexity index is 618. The number of aliphatic hydroxyl groups is 1. The van der Waals surface area contributed by atoms with Crippen LogP contribution in [0.4, 0.5) is 0 Å². The van der Waals surface area contributed by atoms with Gasteiger partial charge in [0.25, 0.3) is 0 Å². The first-order valence-electron chi connectivity index (χ1n) is 9.88. The van der Waals surface area contributed by atoms with E-state index in [0.717, 1.165) is 30.2 Å². The van der Waals surface area contributed by atoms with Crippen molar-refractivity contribution >= 4 is 23.7 Å². The van der Waals surface area contributed by atoms with E-state index in [1.165, 1.54) is 0 Å². The van der Waals surface area contributed by atoms with Gasteiger partial charge in [-0.1, -0.05) is 25.2 Å². The zero-order valence-corrected chi connectivity index (χ0v) is 18.8. The third kappa shape index (κ3) is 8.50. The lowest BCUT2D eigenvalue weighted by Gasteiger charge is -2.31. The van der Waals surface area contributed by atoms with Crippen molar-refractivity contribution < 1.29 is 29.3 Å². The molecule has 0 unspecified atom stereocenters. The molecule has 0 aliphatic carbocycles. The fourth-order valence-electron chi connectivity index (χ4n) is 2.98. The first-order valence-corrected chi connectivity index (χ1v) is 10.9. The van der Waals surface area contributed by atoms with Crippen LogP contribution < -0.4 is 5.73 Å². The summed E-state index contributed by atoms with van der Waals surface area (Å²) in [6, 6.07) is -1.08. The highest BCUT2D eigenvalue weighted by Crippen LogP contribution is 2.30. The first-order chi connectivity index (χ1) is 13.5. The van der Waals surface area contributed by atoms with Gasteiger partial charge in [0.05, 0.1) is 18.1 Å². The summed E-state index contributed by atoms with van der Waals surface area (Å²) in [7, 11) is 1.60. The summed E-state index contributed by atoms with van der Waals surface area (Å²) < 4.78 is 11.1. The minimum Gasteiger partial charge on any atom is -0.480 e. The molecule has 1 rings (SSSR count). The molecular formula is C21H35NO6S. The first kappa shape index (κ1) is 25.7. The second-order valence-corrected chi connectivity index (χ2v) is 9.15. The Hall–Kier alpha value is -1.35. The van der Waals surface area contributed by atoms with E-state index in [1.807, 2.05) is 20.8 Å². The van der Waals surface area contributed by atoms with Crippen LogP contribution in [0.3, 0.4) is 0 Å². The number of aliphatic carboxylic acids is 1. The fraction of sp³-hybridized carbons (Fsp3) is 0.714. The molecule has 0 saturated heterocycles. The molecule has 8 heteroatoms. The maximum atomic E-state index is 12.5. The zero-order chi connectivity index (χ0) is 22.2. The molecule has 0 amide bonds. The molecule has 0 spiro atoms. The van der Waals surface area contributed by atoms with Crippen LogP contribution in [0.15, 0.2) is 23.8 Å². The molecule has 1 aliphatic heterocycles. The standard InChI is InChI=1S/C21H35NO6S/c1-13-7-6-8-14(2)17(27-5)9-10-21(4,26)18(11-19(23)28-15(13)3)29-12-16(22)20(24)25/h8-10,13,15-18,26H,6-7,11-12,22H2,1-5H3,(H,24,25)/b10-9-,14-8-/t13-,15-,16-,17+,18+,21-/m0/s1. The van der Waals surface area contributed by atoms with Crippen molar-refractivity contribution in [3.8, 4) is 0 Å². The molecule has 166 valence electrons. The number of thioether (sulfide) groups is 1. The highest BCUT2D eigenvalue weighted by atomic mass is 32.2. The molecule has 1 aliphatic rings. The molecule has 29 heavy (non-hydrogen) atoms. The van der Waals surface area contributed by atoms with Crippen LogP contribution >= 0.6 is 11.8 Å². The Kier molecular flexibility index (Phi) is 10.4. The van der Waals surface area contributed by atoms with E-state index in [2.05, 4.69) is 6.08 Å². The second-order valence-electron chi connectivity index (χ2n) is 7.91. The molecule has 1 heterocycles. The summed E-state index contributed by atoms with van der Waals surface area (Å²) in [5.41, 5.74) is 5.25. The van der Waals surface area contributed by atoms with Gasteiger partial charge in [-0.25, -0.2) is 0 Å². The molecule has 6 atom stereocenters. The summed E-state index contributed by atoms with van der Waals surface area (Å²) in [4.78, 5) is 23.5. The lowest BCUT2D eigenvalue weighted by atomic mass is 9.95. The van der Waals surface area contributed by atoms with Gasteiger partial charge in [0, 0.05) is 18.1 Å². The smallest absolute Gasteiger partial charge is 0.321 e. The van der Waals surface area contributed by atoms with Crippen molar-refractivity contribution in [3.63, 3.8) is 0 Å². The number of nitrogens with two attached hydrogens (primary N) is 1. The van der Waals surface area contributed by atoms with Gasteiger partial charge in [-0.2, -0.15) is 11.8 Å². The molecule has 0 saturated carbocycles. The summed E-state index contributed by atoms with van der Waals surface area (Å²) in [5.74, 6) is -1.31. The molecule has 0 bridgehead atoms. The summed E-state index contributed by atoms with van der Waals surface area (Å²) >= 11 is 1.15. The van der Waals surface area contributed by atoms with Gasteiger partial charge in [-0.15, -0.1) is 0 Å². The number of hydrogen-bond acceptors (Lipinski definition) is 7. The van der Waals surface area contributed by atoms with E-state index in [4.69, 9.17) is 20.3 Å². The zero-order valence-electron chi connectivity index (χ0n) is 18.0. The van der Waals surface area contributed by atoms with Crippen molar-refractivity contribution in [1.82, 2.24) is 0 Å². The van der Waals surface area contributed by atoms with Gasteiger partial charge < -0.3 is 25.4 Å². The van der Waals surface area contributed by atoms with Gasteiger partial charge in [0.15, 0.2) is 0 Å². The highest BCUT2D eigenvalue weighted by molar-refractivity contribution is 8.00. The second kappa shape index (κ2) is 11.7. The Morgan fingerprint density at radius 2 is 2.14 bits per heavy atom. The Morgan fingerprint density at radius 3 is 2.72 bits per heavy atom. The lowest BCUT2D eigenvalue weighted by Crippen LogP contribution is -2.40. The Balaban J connectivity index is 3.17. The van der Waals surface area contributed by atoms with Gasteiger partial charge in [-0.05, 0) is 45.1 Å². The van der Waals surface area contributed by atoms with E-state index in [9.17, 15) is 14.7 Å². The predicted octanol–water partition coefficient (Wildman–Crippen LogP) is 2.52. The molecular weight excluding hydrogens is 394 g/mol. The number of hydrogen-bond donors (Lipinski definition) is 3. The van der Waals surface area contributed by atoms with E-state index < -0.39 is 28.8 Å². The number of cyclic esters (lactones) is 1. The highest BCUT2D eigenvalue weighted by Gasteiger charge is 2.34. The number of ether oxygens (including phenoxy) is 2. The predicted molar refractivity (Wildman–Crippen MR) is 115 cm³/mol. The van der Waals surface area contributed by atoms with Crippen molar-refractivity contribution in [2.75, 3.05) is 12.9 Å². The number of methoxy groups -OCH3 is 1. The molecule has 0 aromatic heterocycles. The third-order valence-electron chi connectivity index (χ3n) is 5.32. The number of carbonyl (C=O) groups excluding carboxylic acids is 1. The molecule has 0 aromatic rings. The van der Waals surface area contributed by atoms with E-state index in [1.54, 1.807) is 26.2 Å². The van der Waals surface area contributed by atoms with Gasteiger partial charge in [0.2, 0.25) is 0 Å². The largest absolute Gasteiger partial charge is 0.480 e. The van der Waals surface area contributed by atoms with Crippen LogP contribution in [0.1, 0.15) is 47.0 Å². The van der Waals surface area contributed by atoms with Gasteiger partial charge in [0.1, 0.15) is 12.1 Å². The van der Waals surface area contributed by atoms with Crippen LogP contribution in [0.25, 0.3) is 0 Å². The number of allylic oxidation sites excluding steroid dienone is 1. The number of carbonyl (C=O) groups is 2. The molecule has 0 aromatic carbocycles. The van der Waals surface area contributed by atoms with Gasteiger partial charge in [-0.3, -0.25) is 9.59 Å². The quantitative estimate of drug-likeness (QED) is 0.451. The molecule has 7 nitrogen and oxygen atoms in total.